The van der Waals surface area contributed by atoms with Gasteiger partial charge in [0.05, 0.1) is 6.57 Å². The van der Waals surface area contributed by atoms with Crippen LogP contribution in [0.4, 0.5) is 5.69 Å². The summed E-state index contributed by atoms with van der Waals surface area (Å²) < 4.78 is 5.50. The second-order valence-corrected chi connectivity index (χ2v) is 3.04. The predicted octanol–water partition coefficient (Wildman–Crippen LogP) is 2.56. The monoisotopic (exact) mass is 159 g/mol. The van der Waals surface area contributed by atoms with Crippen molar-refractivity contribution in [3.8, 4) is 5.75 Å². The molecule has 0 saturated heterocycles. The van der Waals surface area contributed by atoms with Crippen molar-refractivity contribution in [2.75, 3.05) is 0 Å². The van der Waals surface area contributed by atoms with Crippen LogP contribution >= 0.6 is 0 Å². The van der Waals surface area contributed by atoms with Gasteiger partial charge in [-0.25, -0.2) is 4.85 Å². The summed E-state index contributed by atoms with van der Waals surface area (Å²) in [5, 5.41) is 0. The van der Waals surface area contributed by atoms with Crippen LogP contribution in [0.25, 0.3) is 4.85 Å². The SMILES string of the molecule is [C-]#[N+]c1ccc2c(c1)CC(C)O2. The molecule has 2 nitrogen and oxygen atoms in total. The highest BCUT2D eigenvalue weighted by Gasteiger charge is 2.18. The van der Waals surface area contributed by atoms with Crippen molar-refractivity contribution >= 4 is 5.69 Å². The first kappa shape index (κ1) is 7.17. The maximum Gasteiger partial charge on any atom is 0.187 e. The van der Waals surface area contributed by atoms with Gasteiger partial charge in [-0.1, -0.05) is 6.07 Å². The summed E-state index contributed by atoms with van der Waals surface area (Å²) in [5.74, 6) is 0.940. The summed E-state index contributed by atoms with van der Waals surface area (Å²) in [6.45, 7) is 8.88. The third kappa shape index (κ3) is 1.04. The first-order valence-corrected chi connectivity index (χ1v) is 3.96. The van der Waals surface area contributed by atoms with Gasteiger partial charge in [0.1, 0.15) is 11.9 Å². The quantitative estimate of drug-likeness (QED) is 0.530. The van der Waals surface area contributed by atoms with E-state index < -0.39 is 0 Å². The lowest BCUT2D eigenvalue weighted by Crippen LogP contribution is -2.05. The van der Waals surface area contributed by atoms with Gasteiger partial charge >= 0.3 is 0 Å². The van der Waals surface area contributed by atoms with E-state index in [1.807, 2.05) is 19.1 Å². The third-order valence-corrected chi connectivity index (χ3v) is 2.01. The van der Waals surface area contributed by atoms with Crippen molar-refractivity contribution < 1.29 is 4.74 Å². The molecule has 0 radical (unpaired) electrons. The molecule has 0 fully saturated rings. The second-order valence-electron chi connectivity index (χ2n) is 3.04. The molecule has 0 aromatic heterocycles. The van der Waals surface area contributed by atoms with Crippen molar-refractivity contribution in [1.29, 1.82) is 0 Å². The van der Waals surface area contributed by atoms with Crippen LogP contribution in [0.5, 0.6) is 5.75 Å². The highest BCUT2D eigenvalue weighted by atomic mass is 16.5. The van der Waals surface area contributed by atoms with E-state index in [2.05, 4.69) is 4.85 Å². The van der Waals surface area contributed by atoms with E-state index in [-0.39, 0.29) is 6.10 Å². The fourth-order valence-corrected chi connectivity index (χ4v) is 1.48. The molecule has 1 atom stereocenters. The lowest BCUT2D eigenvalue weighted by molar-refractivity contribution is 0.254. The van der Waals surface area contributed by atoms with E-state index in [1.165, 1.54) is 0 Å². The van der Waals surface area contributed by atoms with Gasteiger partial charge in [-0.15, -0.1) is 0 Å². The van der Waals surface area contributed by atoms with Crippen LogP contribution in [0.3, 0.4) is 0 Å². The first-order valence-electron chi connectivity index (χ1n) is 3.96. The minimum atomic E-state index is 0.265. The van der Waals surface area contributed by atoms with Crippen molar-refractivity contribution in [1.82, 2.24) is 0 Å². The largest absolute Gasteiger partial charge is 0.490 e. The van der Waals surface area contributed by atoms with E-state index in [0.29, 0.717) is 5.69 Å². The summed E-state index contributed by atoms with van der Waals surface area (Å²) in [5.41, 5.74) is 1.86. The number of benzene rings is 1. The topological polar surface area (TPSA) is 13.6 Å². The molecule has 1 aromatic rings. The average Bonchev–Trinajstić information content (AvgIpc) is 2.43. The Labute approximate surface area is 71.6 Å². The fourth-order valence-electron chi connectivity index (χ4n) is 1.48. The predicted molar refractivity (Wildman–Crippen MR) is 46.5 cm³/mol. The highest BCUT2D eigenvalue weighted by Crippen LogP contribution is 2.31. The summed E-state index contributed by atoms with van der Waals surface area (Å²) >= 11 is 0. The van der Waals surface area contributed by atoms with Crippen LogP contribution in [-0.4, -0.2) is 6.10 Å². The zero-order valence-corrected chi connectivity index (χ0v) is 6.87. The van der Waals surface area contributed by atoms with Gasteiger partial charge in [0.15, 0.2) is 5.69 Å². The van der Waals surface area contributed by atoms with Gasteiger partial charge in [0, 0.05) is 6.42 Å². The maximum absolute atomic E-state index is 6.84. The first-order chi connectivity index (χ1) is 5.79. The Balaban J connectivity index is 2.44. The molecule has 2 rings (SSSR count). The molecule has 0 spiro atoms. The van der Waals surface area contributed by atoms with Crippen LogP contribution in [0.1, 0.15) is 12.5 Å². The summed E-state index contributed by atoms with van der Waals surface area (Å²) in [6, 6.07) is 5.59. The van der Waals surface area contributed by atoms with Crippen LogP contribution < -0.4 is 4.74 Å². The molecule has 0 aliphatic carbocycles. The zero-order chi connectivity index (χ0) is 8.55. The van der Waals surface area contributed by atoms with Crippen LogP contribution in [0, 0.1) is 6.57 Å². The van der Waals surface area contributed by atoms with E-state index in [4.69, 9.17) is 11.3 Å². The van der Waals surface area contributed by atoms with E-state index in [9.17, 15) is 0 Å². The molecule has 0 bridgehead atoms. The van der Waals surface area contributed by atoms with Gasteiger partial charge in [0.2, 0.25) is 0 Å². The van der Waals surface area contributed by atoms with E-state index in [0.717, 1.165) is 17.7 Å². The molecule has 2 heteroatoms. The molecule has 1 aliphatic heterocycles. The zero-order valence-electron chi connectivity index (χ0n) is 6.87. The number of hydrogen-bond donors (Lipinski definition) is 0. The molecule has 0 amide bonds. The van der Waals surface area contributed by atoms with Crippen LogP contribution in [0.15, 0.2) is 18.2 Å². The number of hydrogen-bond acceptors (Lipinski definition) is 1. The summed E-state index contributed by atoms with van der Waals surface area (Å²) in [6.07, 6.45) is 1.19. The van der Waals surface area contributed by atoms with Gasteiger partial charge in [0.25, 0.3) is 0 Å². The highest BCUT2D eigenvalue weighted by molar-refractivity contribution is 5.53. The Hall–Kier alpha value is -1.49. The molecule has 1 heterocycles. The second kappa shape index (κ2) is 2.53. The summed E-state index contributed by atoms with van der Waals surface area (Å²) in [7, 11) is 0. The summed E-state index contributed by atoms with van der Waals surface area (Å²) in [4.78, 5) is 3.37. The molecule has 1 unspecified atom stereocenters. The van der Waals surface area contributed by atoms with Gasteiger partial charge < -0.3 is 4.74 Å². The van der Waals surface area contributed by atoms with E-state index >= 15 is 0 Å². The number of rotatable bonds is 0. The number of fused-ring (bicyclic) bond motifs is 1. The Morgan fingerprint density at radius 2 is 2.42 bits per heavy atom. The smallest absolute Gasteiger partial charge is 0.187 e. The maximum atomic E-state index is 6.84. The lowest BCUT2D eigenvalue weighted by atomic mass is 10.1. The molecule has 12 heavy (non-hydrogen) atoms. The third-order valence-electron chi connectivity index (χ3n) is 2.01. The Kier molecular flexibility index (Phi) is 1.51. The minimum Gasteiger partial charge on any atom is -0.490 e. The molecule has 1 aromatic carbocycles. The normalized spacial score (nSPS) is 19.5. The van der Waals surface area contributed by atoms with Crippen molar-refractivity contribution in [2.45, 2.75) is 19.4 Å². The minimum absolute atomic E-state index is 0.265. The van der Waals surface area contributed by atoms with Crippen molar-refractivity contribution in [3.05, 3.63) is 35.2 Å². The van der Waals surface area contributed by atoms with Crippen molar-refractivity contribution in [3.63, 3.8) is 0 Å². The van der Waals surface area contributed by atoms with Crippen LogP contribution in [-0.2, 0) is 6.42 Å². The van der Waals surface area contributed by atoms with Gasteiger partial charge in [-0.05, 0) is 24.6 Å². The fraction of sp³-hybridized carbons (Fsp3) is 0.300. The molecular formula is C10H9NO. The van der Waals surface area contributed by atoms with Crippen LogP contribution in [0.2, 0.25) is 0 Å². The molecule has 0 saturated carbocycles. The Bertz CT molecular complexity index is 351. The standard InChI is InChI=1S/C10H9NO/c1-7-5-8-6-9(11-2)3-4-10(8)12-7/h3-4,6-7H,5H2,1H3. The molecule has 0 N–H and O–H groups in total. The lowest BCUT2D eigenvalue weighted by Gasteiger charge is -2.01. The van der Waals surface area contributed by atoms with Gasteiger partial charge in [-0.2, -0.15) is 0 Å². The molecule has 1 aliphatic rings. The Morgan fingerprint density at radius 3 is 3.17 bits per heavy atom. The molecular weight excluding hydrogens is 150 g/mol. The van der Waals surface area contributed by atoms with E-state index in [1.54, 1.807) is 6.07 Å². The average molecular weight is 159 g/mol. The van der Waals surface area contributed by atoms with Gasteiger partial charge in [-0.3, -0.25) is 0 Å². The number of nitrogens with zero attached hydrogens (tertiary/aromatic N) is 1. The Morgan fingerprint density at radius 1 is 1.58 bits per heavy atom. The van der Waals surface area contributed by atoms with Crippen molar-refractivity contribution in [2.24, 2.45) is 0 Å². The molecule has 60 valence electrons. The number of ether oxygens (including phenoxy) is 1.